The van der Waals surface area contributed by atoms with E-state index in [9.17, 15) is 0 Å². The van der Waals surface area contributed by atoms with Crippen LogP contribution in [0, 0.1) is 0 Å². The molecule has 6 nitrogen and oxygen atoms in total. The fraction of sp³-hybridized carbons (Fsp3) is 0.789. The molecule has 3 fully saturated rings. The average Bonchev–Trinajstić information content (AvgIpc) is 3.45. The zero-order chi connectivity index (χ0) is 17.2. The molecule has 1 aliphatic heterocycles. The van der Waals surface area contributed by atoms with Crippen molar-refractivity contribution in [3.05, 3.63) is 17.6 Å². The standard InChI is InChI=1S/C19H31N5O.2ClH/c1-2-25-10-9-23-5-7-24(8-6-23)18-13-17(15-11-16(20)12-15)21-19(22-18)14-3-4-14;;/h13-16H,2-12,20H2,1H3;2*1H. The highest BCUT2D eigenvalue weighted by Crippen LogP contribution is 2.41. The molecule has 0 amide bonds. The van der Waals surface area contributed by atoms with E-state index in [-0.39, 0.29) is 24.8 Å². The van der Waals surface area contributed by atoms with Gasteiger partial charge >= 0.3 is 0 Å². The van der Waals surface area contributed by atoms with Crippen molar-refractivity contribution in [1.82, 2.24) is 14.9 Å². The summed E-state index contributed by atoms with van der Waals surface area (Å²) in [5.41, 5.74) is 7.22. The zero-order valence-corrected chi connectivity index (χ0v) is 17.8. The highest BCUT2D eigenvalue weighted by molar-refractivity contribution is 5.85. The van der Waals surface area contributed by atoms with E-state index >= 15 is 0 Å². The summed E-state index contributed by atoms with van der Waals surface area (Å²) < 4.78 is 5.48. The first-order valence-electron chi connectivity index (χ1n) is 9.92. The van der Waals surface area contributed by atoms with Crippen molar-refractivity contribution in [2.75, 3.05) is 50.8 Å². The normalized spacial score (nSPS) is 25.3. The summed E-state index contributed by atoms with van der Waals surface area (Å²) in [5.74, 6) is 3.35. The molecule has 1 aromatic rings. The van der Waals surface area contributed by atoms with E-state index in [0.29, 0.717) is 17.9 Å². The van der Waals surface area contributed by atoms with Crippen LogP contribution in [0.4, 0.5) is 5.82 Å². The third-order valence-electron chi connectivity index (χ3n) is 5.74. The molecule has 2 heterocycles. The second-order valence-electron chi connectivity index (χ2n) is 7.74. The molecule has 1 saturated heterocycles. The van der Waals surface area contributed by atoms with E-state index < -0.39 is 0 Å². The van der Waals surface area contributed by atoms with Crippen molar-refractivity contribution < 1.29 is 4.74 Å². The predicted octanol–water partition coefficient (Wildman–Crippen LogP) is 2.56. The van der Waals surface area contributed by atoms with Crippen LogP contribution in [0.5, 0.6) is 0 Å². The fourth-order valence-electron chi connectivity index (χ4n) is 3.81. The maximum atomic E-state index is 5.99. The van der Waals surface area contributed by atoms with Gasteiger partial charge in [-0.25, -0.2) is 9.97 Å². The number of halogens is 2. The minimum absolute atomic E-state index is 0. The van der Waals surface area contributed by atoms with Gasteiger partial charge in [0.1, 0.15) is 11.6 Å². The summed E-state index contributed by atoms with van der Waals surface area (Å²) in [6, 6.07) is 2.60. The highest BCUT2D eigenvalue weighted by Gasteiger charge is 2.33. The Morgan fingerprint density at radius 2 is 1.78 bits per heavy atom. The number of rotatable bonds is 7. The van der Waals surface area contributed by atoms with Crippen LogP contribution in [0.15, 0.2) is 6.07 Å². The van der Waals surface area contributed by atoms with Gasteiger partial charge in [0.15, 0.2) is 0 Å². The molecular weight excluding hydrogens is 385 g/mol. The van der Waals surface area contributed by atoms with Crippen LogP contribution in [0.2, 0.25) is 0 Å². The molecule has 0 bridgehead atoms. The van der Waals surface area contributed by atoms with E-state index in [1.807, 2.05) is 0 Å². The second kappa shape index (κ2) is 10.2. The van der Waals surface area contributed by atoms with E-state index in [2.05, 4.69) is 22.8 Å². The second-order valence-corrected chi connectivity index (χ2v) is 7.74. The number of aromatic nitrogens is 2. The van der Waals surface area contributed by atoms with Gasteiger partial charge in [0, 0.05) is 69.0 Å². The number of nitrogens with zero attached hydrogens (tertiary/aromatic N) is 4. The van der Waals surface area contributed by atoms with Crippen LogP contribution in [0.1, 0.15) is 56.0 Å². The first kappa shape index (κ1) is 22.6. The molecule has 0 radical (unpaired) electrons. The Labute approximate surface area is 175 Å². The molecule has 1 aromatic heterocycles. The van der Waals surface area contributed by atoms with Crippen molar-refractivity contribution in [1.29, 1.82) is 0 Å². The van der Waals surface area contributed by atoms with Gasteiger partial charge < -0.3 is 15.4 Å². The van der Waals surface area contributed by atoms with Crippen molar-refractivity contribution in [3.63, 3.8) is 0 Å². The Morgan fingerprint density at radius 1 is 1.07 bits per heavy atom. The number of ether oxygens (including phenoxy) is 1. The fourth-order valence-corrected chi connectivity index (χ4v) is 3.81. The molecule has 0 spiro atoms. The lowest BCUT2D eigenvalue weighted by Gasteiger charge is -2.36. The van der Waals surface area contributed by atoms with Gasteiger partial charge in [0.2, 0.25) is 0 Å². The van der Waals surface area contributed by atoms with E-state index in [0.717, 1.165) is 70.4 Å². The van der Waals surface area contributed by atoms with Crippen LogP contribution in [0.25, 0.3) is 0 Å². The average molecular weight is 418 g/mol. The van der Waals surface area contributed by atoms with Gasteiger partial charge in [-0.15, -0.1) is 24.8 Å². The van der Waals surface area contributed by atoms with Crippen molar-refractivity contribution in [2.45, 2.75) is 50.5 Å². The number of piperazine rings is 1. The molecule has 2 aliphatic carbocycles. The molecule has 8 heteroatoms. The summed E-state index contributed by atoms with van der Waals surface area (Å²) in [6.07, 6.45) is 4.65. The third kappa shape index (κ3) is 5.67. The SMILES string of the molecule is CCOCCN1CCN(c2cc(C3CC(N)C3)nc(C3CC3)n2)CC1.Cl.Cl. The topological polar surface area (TPSA) is 67.5 Å². The first-order chi connectivity index (χ1) is 12.2. The lowest BCUT2D eigenvalue weighted by atomic mass is 9.78. The van der Waals surface area contributed by atoms with Crippen LogP contribution in [-0.4, -0.2) is 66.8 Å². The minimum atomic E-state index is 0. The number of hydrogen-bond acceptors (Lipinski definition) is 6. The van der Waals surface area contributed by atoms with Crippen LogP contribution < -0.4 is 10.6 Å². The number of hydrogen-bond donors (Lipinski definition) is 1. The Kier molecular flexibility index (Phi) is 8.56. The molecule has 3 aliphatic rings. The molecule has 0 unspecified atom stereocenters. The molecule has 2 saturated carbocycles. The summed E-state index contributed by atoms with van der Waals surface area (Å²) in [5, 5.41) is 0. The van der Waals surface area contributed by atoms with Crippen LogP contribution in [-0.2, 0) is 4.74 Å². The lowest BCUT2D eigenvalue weighted by molar-refractivity contribution is 0.111. The molecule has 2 N–H and O–H groups in total. The Balaban J connectivity index is 0.00000131. The smallest absolute Gasteiger partial charge is 0.134 e. The molecule has 0 atom stereocenters. The van der Waals surface area contributed by atoms with Crippen molar-refractivity contribution in [3.8, 4) is 0 Å². The van der Waals surface area contributed by atoms with Crippen LogP contribution in [0.3, 0.4) is 0 Å². The Morgan fingerprint density at radius 3 is 2.37 bits per heavy atom. The Bertz CT molecular complexity index is 587. The third-order valence-corrected chi connectivity index (χ3v) is 5.74. The van der Waals surface area contributed by atoms with Gasteiger partial charge in [0.25, 0.3) is 0 Å². The maximum Gasteiger partial charge on any atom is 0.134 e. The summed E-state index contributed by atoms with van der Waals surface area (Å²) in [6.45, 7) is 8.97. The van der Waals surface area contributed by atoms with E-state index in [1.165, 1.54) is 18.5 Å². The van der Waals surface area contributed by atoms with E-state index in [4.69, 9.17) is 20.4 Å². The minimum Gasteiger partial charge on any atom is -0.380 e. The van der Waals surface area contributed by atoms with Gasteiger partial charge in [-0.3, -0.25) is 4.90 Å². The number of anilines is 1. The number of nitrogens with two attached hydrogens (primary N) is 1. The summed E-state index contributed by atoms with van der Waals surface area (Å²) in [7, 11) is 0. The molecule has 154 valence electrons. The molecule has 27 heavy (non-hydrogen) atoms. The molecular formula is C19H33Cl2N5O. The summed E-state index contributed by atoms with van der Waals surface area (Å²) >= 11 is 0. The molecule has 0 aromatic carbocycles. The quantitative estimate of drug-likeness (QED) is 0.687. The maximum absolute atomic E-state index is 5.99. The van der Waals surface area contributed by atoms with Crippen molar-refractivity contribution >= 4 is 30.6 Å². The Hall–Kier alpha value is -0.660. The van der Waals surface area contributed by atoms with Gasteiger partial charge in [0.05, 0.1) is 6.61 Å². The zero-order valence-electron chi connectivity index (χ0n) is 16.2. The van der Waals surface area contributed by atoms with E-state index in [1.54, 1.807) is 0 Å². The van der Waals surface area contributed by atoms with Gasteiger partial charge in [-0.2, -0.15) is 0 Å². The largest absolute Gasteiger partial charge is 0.380 e. The highest BCUT2D eigenvalue weighted by atomic mass is 35.5. The molecule has 4 rings (SSSR count). The van der Waals surface area contributed by atoms with Crippen molar-refractivity contribution in [2.24, 2.45) is 5.73 Å². The van der Waals surface area contributed by atoms with Crippen LogP contribution >= 0.6 is 24.8 Å². The lowest BCUT2D eigenvalue weighted by Crippen LogP contribution is -2.47. The van der Waals surface area contributed by atoms with Gasteiger partial charge in [-0.1, -0.05) is 0 Å². The predicted molar refractivity (Wildman–Crippen MR) is 114 cm³/mol. The monoisotopic (exact) mass is 417 g/mol. The van der Waals surface area contributed by atoms with Gasteiger partial charge in [-0.05, 0) is 32.6 Å². The first-order valence-corrected chi connectivity index (χ1v) is 9.92. The summed E-state index contributed by atoms with van der Waals surface area (Å²) in [4.78, 5) is 14.7.